The second kappa shape index (κ2) is 7.20. The minimum absolute atomic E-state index is 0.0111. The normalized spacial score (nSPS) is 24.6. The first kappa shape index (κ1) is 16.1. The van der Waals surface area contributed by atoms with Crippen LogP contribution >= 0.6 is 0 Å². The summed E-state index contributed by atoms with van der Waals surface area (Å²) in [5, 5.41) is 20.9. The molecule has 1 atom stereocenters. The lowest BCUT2D eigenvalue weighted by atomic mass is 10.1. The maximum atomic E-state index is 12.4. The molecular weight excluding hydrogens is 302 g/mol. The van der Waals surface area contributed by atoms with Crippen molar-refractivity contribution in [3.8, 4) is 0 Å². The van der Waals surface area contributed by atoms with Gasteiger partial charge in [-0.05, 0) is 23.3 Å². The van der Waals surface area contributed by atoms with Gasteiger partial charge in [-0.25, -0.2) is 4.68 Å². The lowest BCUT2D eigenvalue weighted by Crippen LogP contribution is -2.43. The molecule has 0 aliphatic carbocycles. The second-order valence-corrected chi connectivity index (χ2v) is 6.03. The Morgan fingerprint density at radius 3 is 2.78 bits per heavy atom. The number of tetrazole rings is 1. The molecule has 3 heterocycles. The van der Waals surface area contributed by atoms with Gasteiger partial charge in [0.1, 0.15) is 6.54 Å². The maximum absolute atomic E-state index is 12.4. The number of aliphatic hydroxyl groups excluding tert-OH is 1. The Labute approximate surface area is 134 Å². The zero-order chi connectivity index (χ0) is 16.2. The van der Waals surface area contributed by atoms with E-state index in [1.54, 1.807) is 4.90 Å². The number of anilines is 1. The van der Waals surface area contributed by atoms with Crippen molar-refractivity contribution in [3.63, 3.8) is 0 Å². The topological polar surface area (TPSA) is 123 Å². The van der Waals surface area contributed by atoms with Gasteiger partial charge in [0.2, 0.25) is 11.9 Å². The molecule has 2 aliphatic heterocycles. The van der Waals surface area contributed by atoms with Crippen molar-refractivity contribution < 1.29 is 14.6 Å². The van der Waals surface area contributed by atoms with Crippen LogP contribution in [-0.4, -0.2) is 92.6 Å². The van der Waals surface area contributed by atoms with Crippen LogP contribution < -0.4 is 5.73 Å². The Hall–Kier alpha value is -1.78. The van der Waals surface area contributed by atoms with E-state index in [1.807, 2.05) is 0 Å². The Bertz CT molecular complexity index is 531. The molecule has 1 aromatic rings. The van der Waals surface area contributed by atoms with E-state index >= 15 is 0 Å². The van der Waals surface area contributed by atoms with Crippen molar-refractivity contribution in [2.45, 2.75) is 31.5 Å². The van der Waals surface area contributed by atoms with E-state index in [1.165, 1.54) is 4.68 Å². The van der Waals surface area contributed by atoms with E-state index in [0.717, 1.165) is 32.6 Å². The van der Waals surface area contributed by atoms with Gasteiger partial charge in [0.15, 0.2) is 0 Å². The number of rotatable bonds is 3. The van der Waals surface area contributed by atoms with Crippen LogP contribution in [0.4, 0.5) is 5.95 Å². The average Bonchev–Trinajstić information content (AvgIpc) is 2.84. The number of aromatic nitrogens is 4. The number of carbonyl (C=O) groups is 1. The third-order valence-electron chi connectivity index (χ3n) is 4.44. The van der Waals surface area contributed by atoms with Crippen molar-refractivity contribution in [2.75, 3.05) is 45.1 Å². The molecule has 0 radical (unpaired) electrons. The molecule has 10 heteroatoms. The highest BCUT2D eigenvalue weighted by Crippen LogP contribution is 2.17. The predicted molar refractivity (Wildman–Crippen MR) is 80.2 cm³/mol. The molecule has 1 aromatic heterocycles. The Balaban J connectivity index is 1.59. The van der Waals surface area contributed by atoms with Crippen LogP contribution in [0.1, 0.15) is 12.8 Å². The summed E-state index contributed by atoms with van der Waals surface area (Å²) in [4.78, 5) is 16.3. The van der Waals surface area contributed by atoms with Crippen LogP contribution in [-0.2, 0) is 16.1 Å². The lowest BCUT2D eigenvalue weighted by Gasteiger charge is -2.33. The number of nitrogen functional groups attached to an aromatic ring is 1. The third-order valence-corrected chi connectivity index (χ3v) is 4.44. The summed E-state index contributed by atoms with van der Waals surface area (Å²) in [7, 11) is 0. The molecule has 3 N–H and O–H groups in total. The van der Waals surface area contributed by atoms with Gasteiger partial charge in [-0.3, -0.25) is 9.69 Å². The van der Waals surface area contributed by atoms with Gasteiger partial charge in [-0.2, -0.15) is 0 Å². The molecule has 1 amide bonds. The minimum atomic E-state index is -0.560. The van der Waals surface area contributed by atoms with Crippen LogP contribution in [0.3, 0.4) is 0 Å². The first-order valence-corrected chi connectivity index (χ1v) is 7.93. The molecule has 10 nitrogen and oxygen atoms in total. The maximum Gasteiger partial charge on any atom is 0.244 e. The van der Waals surface area contributed by atoms with Crippen LogP contribution in [0, 0.1) is 0 Å². The number of ether oxygens (including phenoxy) is 1. The Kier molecular flexibility index (Phi) is 5.03. The van der Waals surface area contributed by atoms with Gasteiger partial charge in [0, 0.05) is 45.4 Å². The van der Waals surface area contributed by atoms with Gasteiger partial charge in [0.05, 0.1) is 6.10 Å². The van der Waals surface area contributed by atoms with Gasteiger partial charge in [-0.15, -0.1) is 0 Å². The SMILES string of the molecule is Nc1nnnn1CC(=O)N1CCN(C2CCOCC2)C[C@@H](O)C1. The molecule has 0 aromatic carbocycles. The van der Waals surface area contributed by atoms with Crippen molar-refractivity contribution >= 4 is 11.9 Å². The average molecular weight is 325 g/mol. The van der Waals surface area contributed by atoms with E-state index in [2.05, 4.69) is 20.4 Å². The summed E-state index contributed by atoms with van der Waals surface area (Å²) in [6.45, 7) is 3.75. The number of hydrogen-bond acceptors (Lipinski definition) is 8. The molecule has 2 saturated heterocycles. The Morgan fingerprint density at radius 1 is 1.30 bits per heavy atom. The zero-order valence-electron chi connectivity index (χ0n) is 13.0. The zero-order valence-corrected chi connectivity index (χ0v) is 13.0. The first-order valence-electron chi connectivity index (χ1n) is 7.93. The smallest absolute Gasteiger partial charge is 0.244 e. The number of hydrogen-bond donors (Lipinski definition) is 2. The highest BCUT2D eigenvalue weighted by molar-refractivity contribution is 5.76. The van der Waals surface area contributed by atoms with E-state index < -0.39 is 6.10 Å². The van der Waals surface area contributed by atoms with Gasteiger partial charge < -0.3 is 20.5 Å². The number of amides is 1. The molecule has 0 saturated carbocycles. The summed E-state index contributed by atoms with van der Waals surface area (Å²) in [6, 6.07) is 0.420. The minimum Gasteiger partial charge on any atom is -0.390 e. The molecule has 0 unspecified atom stereocenters. The van der Waals surface area contributed by atoms with Crippen molar-refractivity contribution in [1.82, 2.24) is 30.0 Å². The Morgan fingerprint density at radius 2 is 2.09 bits per heavy atom. The molecular formula is C13H23N7O3. The van der Waals surface area contributed by atoms with E-state index in [-0.39, 0.29) is 18.4 Å². The highest BCUT2D eigenvalue weighted by atomic mass is 16.5. The van der Waals surface area contributed by atoms with Crippen molar-refractivity contribution in [2.24, 2.45) is 0 Å². The molecule has 2 aliphatic rings. The standard InChI is InChI=1S/C13H23N7O3/c14-13-15-16-17-20(13)9-12(22)19-4-3-18(7-11(21)8-19)10-1-5-23-6-2-10/h10-11,21H,1-9H2,(H2,14,15,17)/t11-/m1/s1. The van der Waals surface area contributed by atoms with Gasteiger partial charge in [-0.1, -0.05) is 5.10 Å². The third kappa shape index (κ3) is 3.95. The predicted octanol–water partition coefficient (Wildman–Crippen LogP) is -2.06. The fraction of sp³-hybridized carbons (Fsp3) is 0.846. The number of nitrogens with two attached hydrogens (primary N) is 1. The van der Waals surface area contributed by atoms with E-state index in [9.17, 15) is 9.90 Å². The van der Waals surface area contributed by atoms with E-state index in [4.69, 9.17) is 10.5 Å². The fourth-order valence-electron chi connectivity index (χ4n) is 3.18. The number of aliphatic hydroxyl groups is 1. The molecule has 2 fully saturated rings. The van der Waals surface area contributed by atoms with E-state index in [0.29, 0.717) is 25.7 Å². The van der Waals surface area contributed by atoms with Crippen LogP contribution in [0.15, 0.2) is 0 Å². The van der Waals surface area contributed by atoms with Gasteiger partial charge in [0.25, 0.3) is 0 Å². The number of nitrogens with zero attached hydrogens (tertiary/aromatic N) is 6. The van der Waals surface area contributed by atoms with Crippen LogP contribution in [0.25, 0.3) is 0 Å². The highest BCUT2D eigenvalue weighted by Gasteiger charge is 2.29. The number of β-amino-alcohol motifs (C(OH)–C–C–N with tert-alkyl or cyclic N) is 1. The van der Waals surface area contributed by atoms with Crippen LogP contribution in [0.2, 0.25) is 0 Å². The summed E-state index contributed by atoms with van der Waals surface area (Å²) < 4.78 is 6.65. The van der Waals surface area contributed by atoms with Crippen LogP contribution in [0.5, 0.6) is 0 Å². The fourth-order valence-corrected chi connectivity index (χ4v) is 3.18. The summed E-state index contributed by atoms with van der Waals surface area (Å²) in [6.07, 6.45) is 1.39. The first-order chi connectivity index (χ1) is 11.1. The monoisotopic (exact) mass is 325 g/mol. The van der Waals surface area contributed by atoms with Crippen molar-refractivity contribution in [3.05, 3.63) is 0 Å². The van der Waals surface area contributed by atoms with Crippen molar-refractivity contribution in [1.29, 1.82) is 0 Å². The molecule has 0 bridgehead atoms. The van der Waals surface area contributed by atoms with Gasteiger partial charge >= 0.3 is 0 Å². The molecule has 128 valence electrons. The number of carbonyl (C=O) groups excluding carboxylic acids is 1. The molecule has 3 rings (SSSR count). The molecule has 0 spiro atoms. The molecule has 23 heavy (non-hydrogen) atoms. The summed E-state index contributed by atoms with van der Waals surface area (Å²) in [5.41, 5.74) is 5.58. The second-order valence-electron chi connectivity index (χ2n) is 6.03. The summed E-state index contributed by atoms with van der Waals surface area (Å²) in [5.74, 6) is -0.0329. The quantitative estimate of drug-likeness (QED) is 0.650. The lowest BCUT2D eigenvalue weighted by molar-refractivity contribution is -0.132. The summed E-state index contributed by atoms with van der Waals surface area (Å²) >= 11 is 0. The largest absolute Gasteiger partial charge is 0.390 e.